The molecular formula is C26H42ClN5O2. The number of aromatic nitrogens is 1. The van der Waals surface area contributed by atoms with Crippen LogP contribution in [-0.4, -0.2) is 64.8 Å². The Kier molecular flexibility index (Phi) is 8.51. The van der Waals surface area contributed by atoms with E-state index in [0.29, 0.717) is 35.4 Å². The van der Waals surface area contributed by atoms with Gasteiger partial charge in [0.1, 0.15) is 22.2 Å². The molecule has 0 aromatic carbocycles. The molecule has 2 aliphatic rings. The molecule has 7 nitrogen and oxygen atoms in total. The minimum Gasteiger partial charge on any atom is -0.396 e. The second kappa shape index (κ2) is 10.8. The fraction of sp³-hybridized carbons (Fsp3) is 0.731. The molecule has 2 aliphatic heterocycles. The number of piperidine rings is 2. The van der Waals surface area contributed by atoms with Gasteiger partial charge in [0.2, 0.25) is 0 Å². The van der Waals surface area contributed by atoms with Crippen LogP contribution in [0.1, 0.15) is 78.2 Å². The van der Waals surface area contributed by atoms with Crippen LogP contribution >= 0.6 is 11.6 Å². The number of aryl methyl sites for hydroxylation is 1. The van der Waals surface area contributed by atoms with Crippen molar-refractivity contribution in [1.29, 1.82) is 0 Å². The summed E-state index contributed by atoms with van der Waals surface area (Å²) < 4.78 is 5.17. The molecule has 1 spiro atoms. The van der Waals surface area contributed by atoms with Gasteiger partial charge in [-0.25, -0.2) is 0 Å². The van der Waals surface area contributed by atoms with E-state index in [0.717, 1.165) is 25.9 Å². The predicted octanol–water partition coefficient (Wildman–Crippen LogP) is 4.84. The molecule has 1 aromatic rings. The van der Waals surface area contributed by atoms with Crippen LogP contribution in [0.15, 0.2) is 21.2 Å². The Morgan fingerprint density at radius 2 is 1.79 bits per heavy atom. The maximum atomic E-state index is 13.6. The third-order valence-electron chi connectivity index (χ3n) is 7.17. The number of hydrogen-bond acceptors (Lipinski definition) is 6. The van der Waals surface area contributed by atoms with Crippen molar-refractivity contribution in [3.8, 4) is 0 Å². The Balaban J connectivity index is 1.68. The van der Waals surface area contributed by atoms with Crippen LogP contribution in [0.5, 0.6) is 0 Å². The molecule has 0 aliphatic carbocycles. The van der Waals surface area contributed by atoms with E-state index >= 15 is 0 Å². The van der Waals surface area contributed by atoms with E-state index in [1.54, 1.807) is 13.0 Å². The Hall–Kier alpha value is -1.86. The average molecular weight is 492 g/mol. The maximum Gasteiger partial charge on any atom is 0.259 e. The second-order valence-electron chi connectivity index (χ2n) is 11.6. The molecule has 2 fully saturated rings. The first-order valence-corrected chi connectivity index (χ1v) is 13.0. The first kappa shape index (κ1) is 26.7. The van der Waals surface area contributed by atoms with E-state index in [-0.39, 0.29) is 28.4 Å². The SMILES string of the molecule is Cc1cc(C(N)=C(C(=O)N2CCC3(CCN(CCC(C)(C)C)CC3)CC2)C(Cl)=NC(C)C)no1. The molecular weight excluding hydrogens is 450 g/mol. The van der Waals surface area contributed by atoms with Gasteiger partial charge in [-0.2, -0.15) is 0 Å². The number of rotatable bonds is 6. The Morgan fingerprint density at radius 3 is 2.29 bits per heavy atom. The van der Waals surface area contributed by atoms with Crippen LogP contribution in [0.25, 0.3) is 5.70 Å². The summed E-state index contributed by atoms with van der Waals surface area (Å²) in [7, 11) is 0. The Bertz CT molecular complexity index is 910. The van der Waals surface area contributed by atoms with Crippen LogP contribution in [0, 0.1) is 17.8 Å². The number of carbonyl (C=O) groups is 1. The molecule has 8 heteroatoms. The first-order chi connectivity index (χ1) is 15.9. The molecule has 34 heavy (non-hydrogen) atoms. The molecule has 0 saturated carbocycles. The summed E-state index contributed by atoms with van der Waals surface area (Å²) in [5.41, 5.74) is 7.94. The molecule has 190 valence electrons. The maximum absolute atomic E-state index is 13.6. The molecule has 0 radical (unpaired) electrons. The summed E-state index contributed by atoms with van der Waals surface area (Å²) in [6.07, 6.45) is 5.67. The van der Waals surface area contributed by atoms with Crippen LogP contribution in [0.3, 0.4) is 0 Å². The van der Waals surface area contributed by atoms with Crippen LogP contribution < -0.4 is 5.73 Å². The van der Waals surface area contributed by atoms with Gasteiger partial charge >= 0.3 is 0 Å². The van der Waals surface area contributed by atoms with Gasteiger partial charge < -0.3 is 20.1 Å². The van der Waals surface area contributed by atoms with E-state index in [9.17, 15) is 4.79 Å². The zero-order chi connectivity index (χ0) is 25.1. The molecule has 2 N–H and O–H groups in total. The largest absolute Gasteiger partial charge is 0.396 e. The molecule has 0 atom stereocenters. The van der Waals surface area contributed by atoms with E-state index in [1.165, 1.54) is 25.8 Å². The Labute approximate surface area is 209 Å². The van der Waals surface area contributed by atoms with Gasteiger partial charge in [0, 0.05) is 25.2 Å². The fourth-order valence-electron chi connectivity index (χ4n) is 4.81. The topological polar surface area (TPSA) is 88.0 Å². The van der Waals surface area contributed by atoms with E-state index < -0.39 is 0 Å². The molecule has 2 saturated heterocycles. The van der Waals surface area contributed by atoms with Gasteiger partial charge in [0.05, 0.1) is 5.70 Å². The van der Waals surface area contributed by atoms with E-state index in [4.69, 9.17) is 21.9 Å². The highest BCUT2D eigenvalue weighted by Gasteiger charge is 2.39. The normalized spacial score (nSPS) is 20.7. The molecule has 3 rings (SSSR count). The lowest BCUT2D eigenvalue weighted by Gasteiger charge is -2.47. The summed E-state index contributed by atoms with van der Waals surface area (Å²) in [6, 6.07) is 1.65. The fourth-order valence-corrected chi connectivity index (χ4v) is 5.19. The summed E-state index contributed by atoms with van der Waals surface area (Å²) in [5, 5.41) is 4.11. The molecule has 1 aromatic heterocycles. The smallest absolute Gasteiger partial charge is 0.259 e. The van der Waals surface area contributed by atoms with Crippen molar-refractivity contribution in [2.24, 2.45) is 21.6 Å². The quantitative estimate of drug-likeness (QED) is 0.454. The highest BCUT2D eigenvalue weighted by molar-refractivity contribution is 6.73. The molecule has 0 unspecified atom stereocenters. The number of hydrogen-bond donors (Lipinski definition) is 1. The monoisotopic (exact) mass is 491 g/mol. The third kappa shape index (κ3) is 6.85. The Morgan fingerprint density at radius 1 is 1.21 bits per heavy atom. The van der Waals surface area contributed by atoms with Crippen molar-refractivity contribution < 1.29 is 9.32 Å². The molecule has 0 bridgehead atoms. The van der Waals surface area contributed by atoms with Crippen molar-refractivity contribution in [2.45, 2.75) is 79.7 Å². The number of amides is 1. The molecule has 1 amide bonds. The van der Waals surface area contributed by atoms with Gasteiger partial charge in [-0.05, 0) is 83.3 Å². The van der Waals surface area contributed by atoms with Gasteiger partial charge in [-0.1, -0.05) is 37.5 Å². The highest BCUT2D eigenvalue weighted by atomic mass is 35.5. The number of nitrogens with zero attached hydrogens (tertiary/aromatic N) is 4. The van der Waals surface area contributed by atoms with Crippen LogP contribution in [0.2, 0.25) is 0 Å². The second-order valence-corrected chi connectivity index (χ2v) is 11.9. The van der Waals surface area contributed by atoms with E-state index in [1.807, 2.05) is 18.7 Å². The van der Waals surface area contributed by atoms with Crippen molar-refractivity contribution in [3.05, 3.63) is 23.1 Å². The summed E-state index contributed by atoms with van der Waals surface area (Å²) in [4.78, 5) is 22.5. The van der Waals surface area contributed by atoms with Crippen molar-refractivity contribution in [1.82, 2.24) is 15.0 Å². The lowest BCUT2D eigenvalue weighted by Crippen LogP contribution is -2.49. The predicted molar refractivity (Wildman–Crippen MR) is 139 cm³/mol. The first-order valence-electron chi connectivity index (χ1n) is 12.6. The average Bonchev–Trinajstić information content (AvgIpc) is 3.19. The number of carbonyl (C=O) groups excluding carboxylic acids is 1. The summed E-state index contributed by atoms with van der Waals surface area (Å²) in [5.74, 6) is 0.445. The van der Waals surface area contributed by atoms with Crippen molar-refractivity contribution >= 4 is 28.4 Å². The number of halogens is 1. The minimum absolute atomic E-state index is 0.0600. The standard InChI is InChI=1S/C26H42ClN5O2/c1-18(2)29-23(27)21(22(28)20-17-19(3)34-30-20)24(33)32-15-10-26(11-16-32)8-13-31(14-9-26)12-7-25(4,5)6/h17-18H,7-16,28H2,1-6H3. The van der Waals surface area contributed by atoms with Crippen molar-refractivity contribution in [3.63, 3.8) is 0 Å². The third-order valence-corrected chi connectivity index (χ3v) is 7.46. The minimum atomic E-state index is -0.176. The van der Waals surface area contributed by atoms with Crippen LogP contribution in [0.4, 0.5) is 0 Å². The zero-order valence-electron chi connectivity index (χ0n) is 21.8. The zero-order valence-corrected chi connectivity index (χ0v) is 22.5. The number of likely N-dealkylation sites (tertiary alicyclic amines) is 2. The highest BCUT2D eigenvalue weighted by Crippen LogP contribution is 2.42. The number of aliphatic imine (C=N–C) groups is 1. The molecule has 3 heterocycles. The van der Waals surface area contributed by atoms with Gasteiger partial charge in [0.15, 0.2) is 0 Å². The summed E-state index contributed by atoms with van der Waals surface area (Å²) in [6.45, 7) is 17.4. The lowest BCUT2D eigenvalue weighted by atomic mass is 9.71. The summed E-state index contributed by atoms with van der Waals surface area (Å²) >= 11 is 6.53. The van der Waals surface area contributed by atoms with Crippen molar-refractivity contribution in [2.75, 3.05) is 32.7 Å². The lowest BCUT2D eigenvalue weighted by molar-refractivity contribution is -0.129. The number of nitrogens with two attached hydrogens (primary N) is 1. The van der Waals surface area contributed by atoms with Crippen LogP contribution in [-0.2, 0) is 4.79 Å². The van der Waals surface area contributed by atoms with E-state index in [2.05, 4.69) is 35.8 Å². The van der Waals surface area contributed by atoms with Gasteiger partial charge in [-0.3, -0.25) is 9.79 Å². The van der Waals surface area contributed by atoms with Gasteiger partial charge in [0.25, 0.3) is 5.91 Å². The van der Waals surface area contributed by atoms with Gasteiger partial charge in [-0.15, -0.1) is 0 Å².